The molecule has 114 valence electrons. The Labute approximate surface area is 123 Å². The van der Waals surface area contributed by atoms with Crippen LogP contribution in [0.2, 0.25) is 0 Å². The second-order valence-electron chi connectivity index (χ2n) is 4.51. The predicted molar refractivity (Wildman–Crippen MR) is 74.6 cm³/mol. The van der Waals surface area contributed by atoms with E-state index < -0.39 is 17.7 Å². The Morgan fingerprint density at radius 2 is 2.00 bits per heavy atom. The van der Waals surface area contributed by atoms with Crippen LogP contribution in [0.4, 0.5) is 17.6 Å². The number of hydrogen-bond acceptors (Lipinski definition) is 3. The fraction of sp³-hybridized carbons (Fsp3) is 0.357. The molecule has 0 fully saturated rings. The molecule has 0 atom stereocenters. The second kappa shape index (κ2) is 6.11. The van der Waals surface area contributed by atoms with Crippen LogP contribution in [-0.4, -0.2) is 11.5 Å². The molecule has 0 aliphatic rings. The zero-order valence-corrected chi connectivity index (χ0v) is 12.3. The van der Waals surface area contributed by atoms with Gasteiger partial charge < -0.3 is 5.32 Å². The third-order valence-electron chi connectivity index (χ3n) is 2.92. The lowest BCUT2D eigenvalue weighted by Gasteiger charge is -2.05. The molecule has 1 aromatic heterocycles. The van der Waals surface area contributed by atoms with Crippen molar-refractivity contribution < 1.29 is 17.6 Å². The number of alkyl halides is 3. The second-order valence-corrected chi connectivity index (χ2v) is 5.59. The summed E-state index contributed by atoms with van der Waals surface area (Å²) < 4.78 is 53.1. The Hall–Kier alpha value is -1.47. The van der Waals surface area contributed by atoms with Crippen LogP contribution in [0.25, 0.3) is 10.6 Å². The van der Waals surface area contributed by atoms with Crippen molar-refractivity contribution in [2.45, 2.75) is 26.6 Å². The molecule has 0 aliphatic heterocycles. The van der Waals surface area contributed by atoms with E-state index in [4.69, 9.17) is 0 Å². The van der Waals surface area contributed by atoms with E-state index in [0.717, 1.165) is 11.3 Å². The molecule has 1 heterocycles. The zero-order chi connectivity index (χ0) is 15.6. The SMILES string of the molecule is CCNCc1sc(-c2cccc(C)c2F)nc1C(F)(F)F. The zero-order valence-electron chi connectivity index (χ0n) is 11.5. The van der Waals surface area contributed by atoms with Gasteiger partial charge in [-0.05, 0) is 25.1 Å². The summed E-state index contributed by atoms with van der Waals surface area (Å²) in [6.07, 6.45) is -4.54. The molecule has 0 unspecified atom stereocenters. The average molecular weight is 318 g/mol. The van der Waals surface area contributed by atoms with Crippen LogP contribution >= 0.6 is 11.3 Å². The number of thiazole rings is 1. The summed E-state index contributed by atoms with van der Waals surface area (Å²) >= 11 is 0.869. The van der Waals surface area contributed by atoms with E-state index in [0.29, 0.717) is 12.1 Å². The Morgan fingerprint density at radius 3 is 2.62 bits per heavy atom. The molecule has 1 aromatic carbocycles. The lowest BCUT2D eigenvalue weighted by Crippen LogP contribution is -2.15. The van der Waals surface area contributed by atoms with E-state index in [9.17, 15) is 17.6 Å². The normalized spacial score (nSPS) is 11.9. The molecule has 2 nitrogen and oxygen atoms in total. The van der Waals surface area contributed by atoms with Crippen molar-refractivity contribution in [1.29, 1.82) is 0 Å². The number of halogens is 4. The number of hydrogen-bond donors (Lipinski definition) is 1. The first-order valence-electron chi connectivity index (χ1n) is 6.37. The Kier molecular flexibility index (Phi) is 4.63. The largest absolute Gasteiger partial charge is 0.434 e. The number of benzene rings is 1. The van der Waals surface area contributed by atoms with Gasteiger partial charge in [0.2, 0.25) is 0 Å². The number of nitrogens with zero attached hydrogens (tertiary/aromatic N) is 1. The van der Waals surface area contributed by atoms with Crippen molar-refractivity contribution in [2.24, 2.45) is 0 Å². The van der Waals surface area contributed by atoms with Gasteiger partial charge >= 0.3 is 6.18 Å². The van der Waals surface area contributed by atoms with E-state index >= 15 is 0 Å². The molecule has 0 spiro atoms. The summed E-state index contributed by atoms with van der Waals surface area (Å²) in [5, 5.41) is 2.90. The van der Waals surface area contributed by atoms with E-state index in [1.54, 1.807) is 26.0 Å². The third-order valence-corrected chi connectivity index (χ3v) is 4.01. The first kappa shape index (κ1) is 15.9. The monoisotopic (exact) mass is 318 g/mol. The van der Waals surface area contributed by atoms with Crippen LogP contribution in [0.1, 0.15) is 23.1 Å². The average Bonchev–Trinajstić information content (AvgIpc) is 2.83. The first-order chi connectivity index (χ1) is 9.84. The Balaban J connectivity index is 2.50. The van der Waals surface area contributed by atoms with Gasteiger partial charge in [-0.15, -0.1) is 11.3 Å². The van der Waals surface area contributed by atoms with Gasteiger partial charge in [0.1, 0.15) is 10.8 Å². The molecular formula is C14H14F4N2S. The number of aromatic nitrogens is 1. The molecule has 7 heteroatoms. The lowest BCUT2D eigenvalue weighted by molar-refractivity contribution is -0.141. The van der Waals surface area contributed by atoms with E-state index in [1.807, 2.05) is 0 Å². The summed E-state index contributed by atoms with van der Waals surface area (Å²) in [6.45, 7) is 3.98. The quantitative estimate of drug-likeness (QED) is 0.846. The molecule has 0 saturated carbocycles. The molecule has 1 N–H and O–H groups in total. The minimum Gasteiger partial charge on any atom is -0.312 e. The van der Waals surface area contributed by atoms with Crippen molar-refractivity contribution in [3.05, 3.63) is 40.2 Å². The van der Waals surface area contributed by atoms with E-state index in [1.165, 1.54) is 6.07 Å². The van der Waals surface area contributed by atoms with Crippen LogP contribution in [-0.2, 0) is 12.7 Å². The van der Waals surface area contributed by atoms with E-state index in [-0.39, 0.29) is 22.0 Å². The van der Waals surface area contributed by atoms with Gasteiger partial charge in [-0.3, -0.25) is 0 Å². The maximum atomic E-state index is 14.0. The summed E-state index contributed by atoms with van der Waals surface area (Å²) in [6, 6.07) is 4.61. The van der Waals surface area contributed by atoms with Crippen molar-refractivity contribution >= 4 is 11.3 Å². The van der Waals surface area contributed by atoms with Crippen molar-refractivity contribution in [3.63, 3.8) is 0 Å². The maximum absolute atomic E-state index is 14.0. The van der Waals surface area contributed by atoms with Gasteiger partial charge in [0, 0.05) is 12.1 Å². The molecule has 0 aliphatic carbocycles. The van der Waals surface area contributed by atoms with Gasteiger partial charge in [0.15, 0.2) is 5.69 Å². The minimum absolute atomic E-state index is 0.0522. The van der Waals surface area contributed by atoms with Gasteiger partial charge in [-0.2, -0.15) is 13.2 Å². The summed E-state index contributed by atoms with van der Waals surface area (Å²) in [4.78, 5) is 3.69. The van der Waals surface area contributed by atoms with Crippen molar-refractivity contribution in [3.8, 4) is 10.6 Å². The summed E-state index contributed by atoms with van der Waals surface area (Å²) in [5.41, 5.74) is -0.456. The van der Waals surface area contributed by atoms with Gasteiger partial charge in [0.25, 0.3) is 0 Å². The fourth-order valence-electron chi connectivity index (χ4n) is 1.86. The lowest BCUT2D eigenvalue weighted by atomic mass is 10.1. The third kappa shape index (κ3) is 3.41. The van der Waals surface area contributed by atoms with Gasteiger partial charge in [-0.1, -0.05) is 19.1 Å². The van der Waals surface area contributed by atoms with Crippen molar-refractivity contribution in [2.75, 3.05) is 6.54 Å². The van der Waals surface area contributed by atoms with Crippen LogP contribution in [0.15, 0.2) is 18.2 Å². The summed E-state index contributed by atoms with van der Waals surface area (Å²) in [7, 11) is 0. The highest BCUT2D eigenvalue weighted by atomic mass is 32.1. The number of nitrogens with one attached hydrogen (secondary N) is 1. The number of rotatable bonds is 4. The van der Waals surface area contributed by atoms with Gasteiger partial charge in [0.05, 0.1) is 4.88 Å². The maximum Gasteiger partial charge on any atom is 0.434 e. The highest BCUT2D eigenvalue weighted by molar-refractivity contribution is 7.15. The molecule has 21 heavy (non-hydrogen) atoms. The Morgan fingerprint density at radius 1 is 1.29 bits per heavy atom. The molecule has 0 saturated heterocycles. The van der Waals surface area contributed by atoms with Crippen LogP contribution in [0.3, 0.4) is 0 Å². The van der Waals surface area contributed by atoms with Crippen molar-refractivity contribution in [1.82, 2.24) is 10.3 Å². The molecule has 2 rings (SSSR count). The fourth-order valence-corrected chi connectivity index (χ4v) is 2.93. The molecular weight excluding hydrogens is 304 g/mol. The van der Waals surface area contributed by atoms with Crippen LogP contribution in [0, 0.1) is 12.7 Å². The smallest absolute Gasteiger partial charge is 0.312 e. The molecule has 0 bridgehead atoms. The highest BCUT2D eigenvalue weighted by Gasteiger charge is 2.37. The van der Waals surface area contributed by atoms with Crippen LogP contribution < -0.4 is 5.32 Å². The highest BCUT2D eigenvalue weighted by Crippen LogP contribution is 2.38. The number of aryl methyl sites for hydroxylation is 1. The molecule has 0 radical (unpaired) electrons. The molecule has 2 aromatic rings. The first-order valence-corrected chi connectivity index (χ1v) is 7.19. The summed E-state index contributed by atoms with van der Waals surface area (Å²) in [5.74, 6) is -0.532. The molecule has 0 amide bonds. The van der Waals surface area contributed by atoms with Gasteiger partial charge in [-0.25, -0.2) is 9.37 Å². The topological polar surface area (TPSA) is 24.9 Å². The standard InChI is InChI=1S/C14H14F4N2S/c1-3-19-7-10-12(14(16,17)18)20-13(21-10)9-6-4-5-8(2)11(9)15/h4-6,19H,3,7H2,1-2H3. The Bertz CT molecular complexity index is 634. The van der Waals surface area contributed by atoms with Crippen LogP contribution in [0.5, 0.6) is 0 Å². The van der Waals surface area contributed by atoms with E-state index in [2.05, 4.69) is 10.3 Å². The minimum atomic E-state index is -4.54. The predicted octanol–water partition coefficient (Wildman–Crippen LogP) is 4.39.